The largest absolute Gasteiger partial charge is 0.398 e. The van der Waals surface area contributed by atoms with Crippen LogP contribution in [0.1, 0.15) is 23.7 Å². The highest BCUT2D eigenvalue weighted by Gasteiger charge is 2.06. The van der Waals surface area contributed by atoms with Crippen LogP contribution in [0.3, 0.4) is 0 Å². The van der Waals surface area contributed by atoms with Gasteiger partial charge in [0.2, 0.25) is 0 Å². The number of benzene rings is 1. The number of nitrogens with two attached hydrogens (primary N) is 1. The van der Waals surface area contributed by atoms with Gasteiger partial charge in [-0.25, -0.2) is 0 Å². The Labute approximate surface area is 89.7 Å². The van der Waals surface area contributed by atoms with E-state index in [2.05, 4.69) is 17.2 Å². The molecule has 0 aliphatic carbocycles. The molecule has 3 heteroatoms. The Hall–Kier alpha value is -1.95. The van der Waals surface area contributed by atoms with Gasteiger partial charge in [-0.05, 0) is 19.1 Å². The normalized spacial score (nSPS) is 8.87. The van der Waals surface area contributed by atoms with Crippen LogP contribution in [0, 0.1) is 11.8 Å². The molecule has 0 heterocycles. The van der Waals surface area contributed by atoms with Gasteiger partial charge in [-0.15, -0.1) is 11.8 Å². The highest BCUT2D eigenvalue weighted by Crippen LogP contribution is 2.09. The van der Waals surface area contributed by atoms with Gasteiger partial charge >= 0.3 is 0 Å². The van der Waals surface area contributed by atoms with Gasteiger partial charge in [-0.1, -0.05) is 12.1 Å². The molecule has 78 valence electrons. The second kappa shape index (κ2) is 5.71. The van der Waals surface area contributed by atoms with Crippen LogP contribution in [0.15, 0.2) is 24.3 Å². The van der Waals surface area contributed by atoms with Crippen LogP contribution in [0.2, 0.25) is 0 Å². The summed E-state index contributed by atoms with van der Waals surface area (Å²) in [6.45, 7) is 2.32. The molecule has 0 aromatic heterocycles. The Kier molecular flexibility index (Phi) is 4.24. The summed E-state index contributed by atoms with van der Waals surface area (Å²) in [4.78, 5) is 11.6. The molecule has 0 radical (unpaired) electrons. The Morgan fingerprint density at radius 2 is 2.20 bits per heavy atom. The zero-order valence-corrected chi connectivity index (χ0v) is 8.71. The first kappa shape index (κ1) is 11.1. The topological polar surface area (TPSA) is 55.1 Å². The predicted molar refractivity (Wildman–Crippen MR) is 61.3 cm³/mol. The van der Waals surface area contributed by atoms with Gasteiger partial charge in [0, 0.05) is 18.7 Å². The Morgan fingerprint density at radius 3 is 2.87 bits per heavy atom. The average molecular weight is 202 g/mol. The fourth-order valence-electron chi connectivity index (χ4n) is 1.16. The van der Waals surface area contributed by atoms with Crippen molar-refractivity contribution in [3.63, 3.8) is 0 Å². The van der Waals surface area contributed by atoms with Crippen molar-refractivity contribution in [1.29, 1.82) is 0 Å². The van der Waals surface area contributed by atoms with Crippen LogP contribution in [0.5, 0.6) is 0 Å². The quantitative estimate of drug-likeness (QED) is 0.442. The third-order valence-electron chi connectivity index (χ3n) is 1.92. The van der Waals surface area contributed by atoms with Crippen molar-refractivity contribution in [1.82, 2.24) is 5.32 Å². The van der Waals surface area contributed by atoms with Crippen molar-refractivity contribution in [3.8, 4) is 11.8 Å². The van der Waals surface area contributed by atoms with E-state index in [4.69, 9.17) is 5.73 Å². The van der Waals surface area contributed by atoms with Crippen LogP contribution in [0.4, 0.5) is 5.69 Å². The van der Waals surface area contributed by atoms with E-state index in [9.17, 15) is 4.79 Å². The van der Waals surface area contributed by atoms with Gasteiger partial charge in [0.1, 0.15) is 0 Å². The Bertz CT molecular complexity index is 402. The number of nitrogen functional groups attached to an aromatic ring is 1. The molecule has 1 aromatic rings. The zero-order chi connectivity index (χ0) is 11.1. The number of para-hydroxylation sites is 1. The number of hydrogen-bond acceptors (Lipinski definition) is 2. The number of anilines is 1. The minimum Gasteiger partial charge on any atom is -0.398 e. The summed E-state index contributed by atoms with van der Waals surface area (Å²) < 4.78 is 0. The molecule has 3 N–H and O–H groups in total. The summed E-state index contributed by atoms with van der Waals surface area (Å²) >= 11 is 0. The molecule has 15 heavy (non-hydrogen) atoms. The van der Waals surface area contributed by atoms with Gasteiger partial charge in [-0.3, -0.25) is 4.79 Å². The van der Waals surface area contributed by atoms with Crippen molar-refractivity contribution in [2.45, 2.75) is 13.3 Å². The molecule has 0 saturated heterocycles. The summed E-state index contributed by atoms with van der Waals surface area (Å²) in [5, 5.41) is 2.75. The van der Waals surface area contributed by atoms with Crippen LogP contribution in [-0.4, -0.2) is 12.5 Å². The number of nitrogens with one attached hydrogen (secondary N) is 1. The maximum absolute atomic E-state index is 11.6. The molecule has 0 spiro atoms. The number of hydrogen-bond donors (Lipinski definition) is 2. The van der Waals surface area contributed by atoms with Gasteiger partial charge in [0.25, 0.3) is 5.91 Å². The molecule has 0 atom stereocenters. The standard InChI is InChI=1S/C12H14N2O/c1-2-3-6-9-14-12(15)10-7-4-5-8-11(10)13/h4-5,7-8H,6,9,13H2,1H3,(H,14,15). The van der Waals surface area contributed by atoms with Crippen molar-refractivity contribution < 1.29 is 4.79 Å². The number of rotatable bonds is 3. The second-order valence-electron chi connectivity index (χ2n) is 3.02. The van der Waals surface area contributed by atoms with E-state index < -0.39 is 0 Å². The summed E-state index contributed by atoms with van der Waals surface area (Å²) in [6.07, 6.45) is 0.662. The lowest BCUT2D eigenvalue weighted by molar-refractivity contribution is 0.0955. The minimum absolute atomic E-state index is 0.147. The van der Waals surface area contributed by atoms with E-state index in [0.29, 0.717) is 24.2 Å². The van der Waals surface area contributed by atoms with Crippen LogP contribution >= 0.6 is 0 Å². The first-order chi connectivity index (χ1) is 7.25. The van der Waals surface area contributed by atoms with Crippen molar-refractivity contribution in [3.05, 3.63) is 29.8 Å². The first-order valence-corrected chi connectivity index (χ1v) is 4.78. The van der Waals surface area contributed by atoms with Gasteiger partial charge < -0.3 is 11.1 Å². The number of carbonyl (C=O) groups excluding carboxylic acids is 1. The third-order valence-corrected chi connectivity index (χ3v) is 1.92. The molecular formula is C12H14N2O. The van der Waals surface area contributed by atoms with Crippen molar-refractivity contribution >= 4 is 11.6 Å². The van der Waals surface area contributed by atoms with E-state index >= 15 is 0 Å². The average Bonchev–Trinajstić information content (AvgIpc) is 2.25. The lowest BCUT2D eigenvalue weighted by atomic mass is 10.1. The molecule has 0 aliphatic rings. The second-order valence-corrected chi connectivity index (χ2v) is 3.02. The summed E-state index contributed by atoms with van der Waals surface area (Å²) in [5.74, 6) is 5.49. The maximum atomic E-state index is 11.6. The van der Waals surface area contributed by atoms with E-state index in [0.717, 1.165) is 0 Å². The molecule has 0 unspecified atom stereocenters. The van der Waals surface area contributed by atoms with E-state index in [1.165, 1.54) is 0 Å². The minimum atomic E-state index is -0.147. The highest BCUT2D eigenvalue weighted by molar-refractivity contribution is 5.99. The molecule has 1 amide bonds. The summed E-state index contributed by atoms with van der Waals surface area (Å²) in [5.41, 5.74) is 6.68. The van der Waals surface area contributed by atoms with E-state index in [-0.39, 0.29) is 5.91 Å². The smallest absolute Gasteiger partial charge is 0.253 e. The summed E-state index contributed by atoms with van der Waals surface area (Å²) in [7, 11) is 0. The SMILES string of the molecule is CC#CCCNC(=O)c1ccccc1N. The number of amides is 1. The van der Waals surface area contributed by atoms with Crippen molar-refractivity contribution in [2.75, 3.05) is 12.3 Å². The van der Waals surface area contributed by atoms with Crippen LogP contribution in [-0.2, 0) is 0 Å². The van der Waals surface area contributed by atoms with E-state index in [1.54, 1.807) is 31.2 Å². The fourth-order valence-corrected chi connectivity index (χ4v) is 1.16. The number of carbonyl (C=O) groups is 1. The molecule has 1 aromatic carbocycles. The predicted octanol–water partition coefficient (Wildman–Crippen LogP) is 1.41. The van der Waals surface area contributed by atoms with Gasteiger partial charge in [0.05, 0.1) is 5.56 Å². The molecule has 0 saturated carbocycles. The Balaban J connectivity index is 2.53. The zero-order valence-electron chi connectivity index (χ0n) is 8.71. The molecule has 3 nitrogen and oxygen atoms in total. The lowest BCUT2D eigenvalue weighted by Crippen LogP contribution is -2.25. The fraction of sp³-hybridized carbons (Fsp3) is 0.250. The first-order valence-electron chi connectivity index (χ1n) is 4.78. The van der Waals surface area contributed by atoms with Gasteiger partial charge in [-0.2, -0.15) is 0 Å². The molecular weight excluding hydrogens is 188 g/mol. The molecule has 0 aliphatic heterocycles. The monoisotopic (exact) mass is 202 g/mol. The van der Waals surface area contributed by atoms with Crippen molar-refractivity contribution in [2.24, 2.45) is 0 Å². The van der Waals surface area contributed by atoms with Crippen LogP contribution < -0.4 is 11.1 Å². The lowest BCUT2D eigenvalue weighted by Gasteiger charge is -2.05. The van der Waals surface area contributed by atoms with E-state index in [1.807, 2.05) is 0 Å². The molecule has 0 bridgehead atoms. The van der Waals surface area contributed by atoms with Gasteiger partial charge in [0.15, 0.2) is 0 Å². The Morgan fingerprint density at radius 1 is 1.47 bits per heavy atom. The molecule has 1 rings (SSSR count). The maximum Gasteiger partial charge on any atom is 0.253 e. The molecule has 0 fully saturated rings. The highest BCUT2D eigenvalue weighted by atomic mass is 16.1. The van der Waals surface area contributed by atoms with Crippen LogP contribution in [0.25, 0.3) is 0 Å². The third kappa shape index (κ3) is 3.35. The summed E-state index contributed by atoms with van der Waals surface area (Å²) in [6, 6.07) is 7.00.